The second-order valence-electron chi connectivity index (χ2n) is 10.3. The first-order valence-corrected chi connectivity index (χ1v) is 12.5. The first-order valence-electron chi connectivity index (χ1n) is 12.5. The second-order valence-corrected chi connectivity index (χ2v) is 10.3. The molecule has 38 heavy (non-hydrogen) atoms. The van der Waals surface area contributed by atoms with Gasteiger partial charge in [-0.3, -0.25) is 24.1 Å². The van der Waals surface area contributed by atoms with Crippen LogP contribution in [0.3, 0.4) is 0 Å². The number of carbonyl (C=O) groups is 3. The average Bonchev–Trinajstić information content (AvgIpc) is 3.15. The van der Waals surface area contributed by atoms with E-state index in [0.717, 1.165) is 10.5 Å². The van der Waals surface area contributed by atoms with Crippen molar-refractivity contribution >= 4 is 28.8 Å². The van der Waals surface area contributed by atoms with Gasteiger partial charge >= 0.3 is 5.97 Å². The van der Waals surface area contributed by atoms with Gasteiger partial charge in [0, 0.05) is 18.5 Å². The van der Waals surface area contributed by atoms with E-state index >= 15 is 0 Å². The number of imide groups is 1. The van der Waals surface area contributed by atoms with Gasteiger partial charge in [0.05, 0.1) is 16.5 Å². The highest BCUT2D eigenvalue weighted by atomic mass is 16.5. The summed E-state index contributed by atoms with van der Waals surface area (Å²) in [5.74, 6) is -1.43. The van der Waals surface area contributed by atoms with Crippen molar-refractivity contribution in [1.82, 2.24) is 4.90 Å². The molecule has 4 aromatic rings. The third-order valence-corrected chi connectivity index (χ3v) is 6.63. The minimum atomic E-state index is -0.656. The maximum atomic E-state index is 13.3. The zero-order chi connectivity index (χ0) is 27.0. The fourth-order valence-corrected chi connectivity index (χ4v) is 4.52. The van der Waals surface area contributed by atoms with Gasteiger partial charge in [-0.05, 0) is 41.7 Å². The lowest BCUT2D eigenvalue weighted by molar-refractivity contribution is -0.134. The highest BCUT2D eigenvalue weighted by Gasteiger charge is 2.34. The van der Waals surface area contributed by atoms with Crippen molar-refractivity contribution < 1.29 is 23.5 Å². The van der Waals surface area contributed by atoms with Gasteiger partial charge in [0.15, 0.2) is 5.76 Å². The summed E-state index contributed by atoms with van der Waals surface area (Å²) < 4.78 is 11.6. The molecule has 0 radical (unpaired) electrons. The number of amides is 2. The summed E-state index contributed by atoms with van der Waals surface area (Å²) in [4.78, 5) is 52.4. The van der Waals surface area contributed by atoms with E-state index in [1.165, 1.54) is 0 Å². The highest BCUT2D eigenvalue weighted by Crippen LogP contribution is 2.33. The monoisotopic (exact) mass is 509 g/mol. The van der Waals surface area contributed by atoms with Crippen LogP contribution in [0.5, 0.6) is 5.75 Å². The number of carbonyl (C=O) groups excluding carboxylic acids is 3. The van der Waals surface area contributed by atoms with Crippen molar-refractivity contribution in [3.05, 3.63) is 99.7 Å². The fourth-order valence-electron chi connectivity index (χ4n) is 4.52. The van der Waals surface area contributed by atoms with Gasteiger partial charge in [-0.1, -0.05) is 69.3 Å². The van der Waals surface area contributed by atoms with Gasteiger partial charge < -0.3 is 9.15 Å². The average molecular weight is 510 g/mol. The van der Waals surface area contributed by atoms with Crippen molar-refractivity contribution in [3.63, 3.8) is 0 Å². The molecule has 3 aromatic carbocycles. The molecule has 7 nitrogen and oxygen atoms in total. The van der Waals surface area contributed by atoms with Crippen molar-refractivity contribution in [3.8, 4) is 17.1 Å². The largest absolute Gasteiger partial charge is 0.452 e. The van der Waals surface area contributed by atoms with Crippen LogP contribution >= 0.6 is 0 Å². The number of nitrogens with zero attached hydrogens (tertiary/aromatic N) is 1. The van der Waals surface area contributed by atoms with E-state index in [1.54, 1.807) is 48.5 Å². The minimum absolute atomic E-state index is 0.0580. The summed E-state index contributed by atoms with van der Waals surface area (Å²) in [6.07, 6.45) is 0.0981. The molecule has 0 saturated heterocycles. The van der Waals surface area contributed by atoms with E-state index in [0.29, 0.717) is 27.7 Å². The van der Waals surface area contributed by atoms with E-state index in [4.69, 9.17) is 9.15 Å². The SMILES string of the molecule is CC(C)(C)c1ccc(-c2oc3ccccc3c(=O)c2OC(=O)CCCN2C(=O)c3ccccc3C2=O)cc1. The Bertz CT molecular complexity index is 1590. The van der Waals surface area contributed by atoms with Gasteiger partial charge in [-0.15, -0.1) is 0 Å². The molecule has 1 aromatic heterocycles. The molecular weight excluding hydrogens is 482 g/mol. The maximum Gasteiger partial charge on any atom is 0.311 e. The Kier molecular flexibility index (Phi) is 6.45. The Morgan fingerprint density at radius 3 is 2.08 bits per heavy atom. The Labute approximate surface area is 219 Å². The van der Waals surface area contributed by atoms with Gasteiger partial charge in [-0.2, -0.15) is 0 Å². The van der Waals surface area contributed by atoms with E-state index < -0.39 is 11.4 Å². The molecule has 0 N–H and O–H groups in total. The van der Waals surface area contributed by atoms with Crippen molar-refractivity contribution in [2.75, 3.05) is 6.54 Å². The van der Waals surface area contributed by atoms with E-state index in [9.17, 15) is 19.2 Å². The third-order valence-electron chi connectivity index (χ3n) is 6.63. The van der Waals surface area contributed by atoms with Crippen LogP contribution in [0.4, 0.5) is 0 Å². The number of benzene rings is 3. The lowest BCUT2D eigenvalue weighted by Gasteiger charge is -2.19. The summed E-state index contributed by atoms with van der Waals surface area (Å²) in [6, 6.07) is 21.0. The predicted octanol–water partition coefficient (Wildman–Crippen LogP) is 5.74. The van der Waals surface area contributed by atoms with Crippen LogP contribution < -0.4 is 10.2 Å². The van der Waals surface area contributed by atoms with Gasteiger partial charge in [0.2, 0.25) is 11.2 Å². The number of fused-ring (bicyclic) bond motifs is 2. The number of hydrogen-bond donors (Lipinski definition) is 0. The van der Waals surface area contributed by atoms with Crippen molar-refractivity contribution in [2.45, 2.75) is 39.0 Å². The quantitative estimate of drug-likeness (QED) is 0.243. The Balaban J connectivity index is 1.37. The lowest BCUT2D eigenvalue weighted by Crippen LogP contribution is -2.31. The van der Waals surface area contributed by atoms with Crippen LogP contribution in [0.15, 0.2) is 82.0 Å². The normalized spacial score (nSPS) is 13.2. The molecule has 2 heterocycles. The number of ether oxygens (including phenoxy) is 1. The summed E-state index contributed by atoms with van der Waals surface area (Å²) >= 11 is 0. The minimum Gasteiger partial charge on any atom is -0.452 e. The third kappa shape index (κ3) is 4.63. The van der Waals surface area contributed by atoms with Crippen LogP contribution in [0, 0.1) is 0 Å². The predicted molar refractivity (Wildman–Crippen MR) is 143 cm³/mol. The number of esters is 1. The summed E-state index contributed by atoms with van der Waals surface area (Å²) in [6.45, 7) is 6.38. The molecule has 0 spiro atoms. The van der Waals surface area contributed by atoms with Gasteiger partial charge in [0.1, 0.15) is 5.58 Å². The van der Waals surface area contributed by atoms with E-state index in [2.05, 4.69) is 20.8 Å². The van der Waals surface area contributed by atoms with Gasteiger partial charge in [-0.25, -0.2) is 0 Å². The Morgan fingerprint density at radius 1 is 0.842 bits per heavy atom. The smallest absolute Gasteiger partial charge is 0.311 e. The number of rotatable bonds is 6. The maximum absolute atomic E-state index is 13.3. The molecule has 0 atom stereocenters. The number of para-hydroxylation sites is 1. The zero-order valence-corrected chi connectivity index (χ0v) is 21.4. The Hall–Kier alpha value is -4.52. The van der Waals surface area contributed by atoms with Crippen LogP contribution in [0.25, 0.3) is 22.3 Å². The standard InChI is InChI=1S/C31H27NO6/c1-31(2,3)20-16-14-19(15-17-20)27-28(26(34)23-11-6-7-12-24(23)37-27)38-25(33)13-8-18-32-29(35)21-9-4-5-10-22(21)30(32)36/h4-7,9-12,14-17H,8,13,18H2,1-3H3. The second kappa shape index (κ2) is 9.74. The molecule has 5 rings (SSSR count). The highest BCUT2D eigenvalue weighted by molar-refractivity contribution is 6.21. The summed E-state index contributed by atoms with van der Waals surface area (Å²) in [7, 11) is 0. The summed E-state index contributed by atoms with van der Waals surface area (Å²) in [5.41, 5.74) is 2.31. The van der Waals surface area contributed by atoms with Crippen LogP contribution in [-0.4, -0.2) is 29.2 Å². The molecule has 7 heteroatoms. The van der Waals surface area contributed by atoms with Crippen LogP contribution in [0.2, 0.25) is 0 Å². The first-order chi connectivity index (χ1) is 18.1. The lowest BCUT2D eigenvalue weighted by atomic mass is 9.86. The molecule has 1 aliphatic rings. The van der Waals surface area contributed by atoms with Gasteiger partial charge in [0.25, 0.3) is 11.8 Å². The van der Waals surface area contributed by atoms with Crippen LogP contribution in [0.1, 0.15) is 59.9 Å². The molecule has 0 aliphatic carbocycles. The zero-order valence-electron chi connectivity index (χ0n) is 21.4. The Morgan fingerprint density at radius 2 is 1.45 bits per heavy atom. The fraction of sp³-hybridized carbons (Fsp3) is 0.226. The van der Waals surface area contributed by atoms with Crippen LogP contribution in [-0.2, 0) is 10.2 Å². The molecule has 0 saturated carbocycles. The number of hydrogen-bond acceptors (Lipinski definition) is 6. The molecule has 2 amide bonds. The first kappa shape index (κ1) is 25.1. The molecular formula is C31H27NO6. The molecule has 0 fully saturated rings. The molecule has 0 unspecified atom stereocenters. The van der Waals surface area contributed by atoms with Crippen molar-refractivity contribution in [2.24, 2.45) is 0 Å². The molecule has 1 aliphatic heterocycles. The molecule has 192 valence electrons. The van der Waals surface area contributed by atoms with E-state index in [-0.39, 0.29) is 48.1 Å². The van der Waals surface area contributed by atoms with Crippen molar-refractivity contribution in [1.29, 1.82) is 0 Å². The molecule has 0 bridgehead atoms. The topological polar surface area (TPSA) is 93.9 Å². The van der Waals surface area contributed by atoms with E-state index in [1.807, 2.05) is 24.3 Å². The summed E-state index contributed by atoms with van der Waals surface area (Å²) in [5, 5.41) is 0.302.